The molecule has 1 aromatic carbocycles. The number of rotatable bonds is 4. The van der Waals surface area contributed by atoms with Crippen LogP contribution in [0.5, 0.6) is 0 Å². The molecule has 0 aliphatic heterocycles. The minimum Gasteiger partial charge on any atom is -0.394 e. The van der Waals surface area contributed by atoms with E-state index in [4.69, 9.17) is 0 Å². The summed E-state index contributed by atoms with van der Waals surface area (Å²) in [6, 6.07) is 7.75. The molecule has 0 heterocycles. The van der Waals surface area contributed by atoms with Gasteiger partial charge in [-0.2, -0.15) is 0 Å². The van der Waals surface area contributed by atoms with Crippen molar-refractivity contribution in [3.05, 3.63) is 34.3 Å². The van der Waals surface area contributed by atoms with Gasteiger partial charge >= 0.3 is 0 Å². The van der Waals surface area contributed by atoms with Crippen molar-refractivity contribution in [1.29, 1.82) is 0 Å². The van der Waals surface area contributed by atoms with Crippen LogP contribution in [0.25, 0.3) is 0 Å². The second-order valence-corrected chi connectivity index (χ2v) is 6.27. The minimum atomic E-state index is -0.384. The molecule has 1 fully saturated rings. The summed E-state index contributed by atoms with van der Waals surface area (Å²) in [5.74, 6) is -0.00160. The summed E-state index contributed by atoms with van der Waals surface area (Å²) >= 11 is 3.38. The van der Waals surface area contributed by atoms with E-state index in [1.807, 2.05) is 24.3 Å². The van der Waals surface area contributed by atoms with Gasteiger partial charge in [-0.3, -0.25) is 4.79 Å². The van der Waals surface area contributed by atoms with Gasteiger partial charge in [-0.25, -0.2) is 0 Å². The van der Waals surface area contributed by atoms with E-state index >= 15 is 0 Å². The largest absolute Gasteiger partial charge is 0.394 e. The summed E-state index contributed by atoms with van der Waals surface area (Å²) < 4.78 is 1.01. The highest BCUT2D eigenvalue weighted by atomic mass is 79.9. The lowest BCUT2D eigenvalue weighted by Crippen LogP contribution is -2.52. The number of aliphatic hydroxyl groups excluding tert-OH is 1. The Morgan fingerprint density at radius 1 is 1.21 bits per heavy atom. The van der Waals surface area contributed by atoms with Gasteiger partial charge in [0.15, 0.2) is 0 Å². The lowest BCUT2D eigenvalue weighted by atomic mass is 9.82. The van der Waals surface area contributed by atoms with Crippen LogP contribution in [-0.4, -0.2) is 23.2 Å². The van der Waals surface area contributed by atoms with Crippen molar-refractivity contribution in [3.63, 3.8) is 0 Å². The summed E-state index contributed by atoms with van der Waals surface area (Å²) in [4.78, 5) is 12.1. The first-order chi connectivity index (χ1) is 9.13. The molecule has 4 heteroatoms. The fourth-order valence-electron chi connectivity index (χ4n) is 2.68. The molecule has 0 saturated heterocycles. The normalized spacial score (nSPS) is 18.0. The highest BCUT2D eigenvalue weighted by Gasteiger charge is 2.32. The van der Waals surface area contributed by atoms with E-state index in [9.17, 15) is 9.90 Å². The average molecular weight is 326 g/mol. The van der Waals surface area contributed by atoms with Crippen LogP contribution in [0, 0.1) is 0 Å². The highest BCUT2D eigenvalue weighted by molar-refractivity contribution is 9.10. The molecular weight excluding hydrogens is 306 g/mol. The maximum absolute atomic E-state index is 12.1. The van der Waals surface area contributed by atoms with E-state index in [1.54, 1.807) is 0 Å². The number of hydrogen-bond donors (Lipinski definition) is 2. The van der Waals surface area contributed by atoms with Crippen molar-refractivity contribution in [2.45, 2.75) is 44.1 Å². The molecule has 104 valence electrons. The fraction of sp³-hybridized carbons (Fsp3) is 0.533. The number of hydrogen-bond acceptors (Lipinski definition) is 2. The van der Waals surface area contributed by atoms with Gasteiger partial charge in [0.1, 0.15) is 0 Å². The highest BCUT2D eigenvalue weighted by Crippen LogP contribution is 2.27. The predicted molar refractivity (Wildman–Crippen MR) is 78.9 cm³/mol. The zero-order valence-corrected chi connectivity index (χ0v) is 12.6. The third kappa shape index (κ3) is 4.05. The van der Waals surface area contributed by atoms with E-state index in [0.717, 1.165) is 35.7 Å². The first-order valence-corrected chi connectivity index (χ1v) is 7.59. The van der Waals surface area contributed by atoms with Crippen molar-refractivity contribution in [3.8, 4) is 0 Å². The topological polar surface area (TPSA) is 49.3 Å². The molecule has 3 nitrogen and oxygen atoms in total. The van der Waals surface area contributed by atoms with Crippen molar-refractivity contribution in [2.24, 2.45) is 0 Å². The predicted octanol–water partition coefficient (Wildman–Crippen LogP) is 2.80. The fourth-order valence-corrected chi connectivity index (χ4v) is 2.94. The van der Waals surface area contributed by atoms with Gasteiger partial charge in [-0.15, -0.1) is 0 Å². The first kappa shape index (κ1) is 14.5. The second kappa shape index (κ2) is 6.53. The van der Waals surface area contributed by atoms with E-state index in [-0.39, 0.29) is 18.1 Å². The molecule has 1 aliphatic carbocycles. The van der Waals surface area contributed by atoms with E-state index in [0.29, 0.717) is 6.42 Å². The molecule has 0 radical (unpaired) electrons. The van der Waals surface area contributed by atoms with Crippen molar-refractivity contribution in [1.82, 2.24) is 5.32 Å². The zero-order valence-electron chi connectivity index (χ0n) is 11.0. The summed E-state index contributed by atoms with van der Waals surface area (Å²) in [6.45, 7) is 0.0408. The van der Waals surface area contributed by atoms with Crippen LogP contribution in [-0.2, 0) is 11.2 Å². The van der Waals surface area contributed by atoms with Crippen molar-refractivity contribution >= 4 is 21.8 Å². The average Bonchev–Trinajstić information content (AvgIpc) is 2.42. The Hall–Kier alpha value is -0.870. The number of aliphatic hydroxyl groups is 1. The van der Waals surface area contributed by atoms with Crippen LogP contribution in [0.2, 0.25) is 0 Å². The van der Waals surface area contributed by atoms with Gasteiger partial charge in [0.25, 0.3) is 0 Å². The summed E-state index contributed by atoms with van der Waals surface area (Å²) in [6.07, 6.45) is 5.50. The third-order valence-corrected chi connectivity index (χ3v) is 4.32. The maximum atomic E-state index is 12.1. The number of halogens is 1. The Morgan fingerprint density at radius 2 is 1.84 bits per heavy atom. The van der Waals surface area contributed by atoms with Gasteiger partial charge in [0, 0.05) is 4.47 Å². The number of amides is 1. The maximum Gasteiger partial charge on any atom is 0.224 e. The summed E-state index contributed by atoms with van der Waals surface area (Å²) in [5, 5.41) is 12.6. The number of carbonyl (C=O) groups is 1. The molecule has 1 saturated carbocycles. The van der Waals surface area contributed by atoms with Crippen LogP contribution >= 0.6 is 15.9 Å². The molecule has 0 spiro atoms. The van der Waals surface area contributed by atoms with E-state index in [1.165, 1.54) is 6.42 Å². The zero-order chi connectivity index (χ0) is 13.7. The molecule has 0 bridgehead atoms. The van der Waals surface area contributed by atoms with Crippen LogP contribution in [0.3, 0.4) is 0 Å². The molecule has 1 amide bonds. The summed E-state index contributed by atoms with van der Waals surface area (Å²) in [5.41, 5.74) is 0.606. The van der Waals surface area contributed by atoms with E-state index < -0.39 is 0 Å². The first-order valence-electron chi connectivity index (χ1n) is 6.80. The minimum absolute atomic E-state index is 0.00160. The Labute approximate surface area is 122 Å². The van der Waals surface area contributed by atoms with Crippen LogP contribution in [0.4, 0.5) is 0 Å². The quantitative estimate of drug-likeness (QED) is 0.894. The Morgan fingerprint density at radius 3 is 2.42 bits per heavy atom. The molecular formula is C15H20BrNO2. The van der Waals surface area contributed by atoms with Gasteiger partial charge in [0.2, 0.25) is 5.91 Å². The Balaban J connectivity index is 1.94. The smallest absolute Gasteiger partial charge is 0.224 e. The van der Waals surface area contributed by atoms with Crippen molar-refractivity contribution < 1.29 is 9.90 Å². The number of benzene rings is 1. The molecule has 19 heavy (non-hydrogen) atoms. The molecule has 0 unspecified atom stereocenters. The molecule has 1 aromatic rings. The van der Waals surface area contributed by atoms with Crippen LogP contribution < -0.4 is 5.32 Å². The molecule has 2 N–H and O–H groups in total. The standard InChI is InChI=1S/C15H20BrNO2/c16-13-6-4-12(5-7-13)10-14(19)17-15(11-18)8-2-1-3-9-15/h4-7,18H,1-3,8-11H2,(H,17,19). The van der Waals surface area contributed by atoms with Gasteiger partial charge < -0.3 is 10.4 Å². The van der Waals surface area contributed by atoms with Gasteiger partial charge in [-0.1, -0.05) is 47.3 Å². The van der Waals surface area contributed by atoms with Crippen LogP contribution in [0.1, 0.15) is 37.7 Å². The van der Waals surface area contributed by atoms with Crippen LogP contribution in [0.15, 0.2) is 28.7 Å². The SMILES string of the molecule is O=C(Cc1ccc(Br)cc1)NC1(CO)CCCCC1. The number of nitrogens with one attached hydrogen (secondary N) is 1. The lowest BCUT2D eigenvalue weighted by molar-refractivity contribution is -0.123. The molecule has 0 aromatic heterocycles. The second-order valence-electron chi connectivity index (χ2n) is 5.35. The Kier molecular flexibility index (Phi) is 4.99. The van der Waals surface area contributed by atoms with Gasteiger partial charge in [0.05, 0.1) is 18.6 Å². The number of carbonyl (C=O) groups excluding carboxylic acids is 1. The monoisotopic (exact) mass is 325 g/mol. The van der Waals surface area contributed by atoms with Crippen molar-refractivity contribution in [2.75, 3.05) is 6.61 Å². The molecule has 1 aliphatic rings. The third-order valence-electron chi connectivity index (χ3n) is 3.80. The lowest BCUT2D eigenvalue weighted by Gasteiger charge is -2.36. The van der Waals surface area contributed by atoms with Gasteiger partial charge in [-0.05, 0) is 30.5 Å². The van der Waals surface area contributed by atoms with E-state index in [2.05, 4.69) is 21.2 Å². The summed E-state index contributed by atoms with van der Waals surface area (Å²) in [7, 11) is 0. The molecule has 2 rings (SSSR count). The Bertz CT molecular complexity index is 424. The molecule has 0 atom stereocenters.